The molecule has 0 aromatic heterocycles. The van der Waals surface area contributed by atoms with Crippen LogP contribution in [0.3, 0.4) is 0 Å². The Balaban J connectivity index is 2.63. The van der Waals surface area contributed by atoms with Gasteiger partial charge >= 0.3 is 5.97 Å². The number of methoxy groups -OCH3 is 1. The maximum atomic E-state index is 11.8. The molecule has 0 spiro atoms. The van der Waals surface area contributed by atoms with Crippen molar-refractivity contribution in [2.45, 2.75) is 25.4 Å². The van der Waals surface area contributed by atoms with E-state index in [-0.39, 0.29) is 18.5 Å². The van der Waals surface area contributed by atoms with Crippen LogP contribution in [0.25, 0.3) is 0 Å². The molecule has 1 aliphatic rings. The highest BCUT2D eigenvalue weighted by Crippen LogP contribution is 2.18. The van der Waals surface area contributed by atoms with Crippen molar-refractivity contribution in [2.24, 2.45) is 0 Å². The van der Waals surface area contributed by atoms with Crippen LogP contribution in [0.1, 0.15) is 13.3 Å². The van der Waals surface area contributed by atoms with Gasteiger partial charge in [0.05, 0.1) is 7.11 Å². The number of hydrogen-bond acceptors (Lipinski definition) is 4. The van der Waals surface area contributed by atoms with Gasteiger partial charge in [-0.25, -0.2) is 0 Å². The van der Waals surface area contributed by atoms with Gasteiger partial charge in [-0.2, -0.15) is 0 Å². The lowest BCUT2D eigenvalue weighted by Crippen LogP contribution is -2.43. The van der Waals surface area contributed by atoms with Gasteiger partial charge in [-0.3, -0.25) is 14.4 Å². The van der Waals surface area contributed by atoms with Gasteiger partial charge in [-0.1, -0.05) is 0 Å². The van der Waals surface area contributed by atoms with Gasteiger partial charge in [0.2, 0.25) is 13.8 Å². The maximum Gasteiger partial charge on any atom is 0.325 e. The summed E-state index contributed by atoms with van der Waals surface area (Å²) in [5.41, 5.74) is 0. The lowest BCUT2D eigenvalue weighted by Gasteiger charge is -2.19. The van der Waals surface area contributed by atoms with Crippen LogP contribution in [0.5, 0.6) is 0 Å². The van der Waals surface area contributed by atoms with Crippen molar-refractivity contribution < 1.29 is 19.1 Å². The zero-order valence-electron chi connectivity index (χ0n) is 9.23. The number of rotatable bonds is 3. The largest absolute Gasteiger partial charge is 0.468 e. The third-order valence-electron chi connectivity index (χ3n) is 2.53. The molecule has 7 heteroatoms. The third-order valence-corrected chi connectivity index (χ3v) is 2.53. The Bertz CT molecular complexity index is 321. The van der Waals surface area contributed by atoms with Gasteiger partial charge in [0.1, 0.15) is 12.6 Å². The zero-order valence-corrected chi connectivity index (χ0v) is 9.23. The van der Waals surface area contributed by atoms with E-state index in [0.29, 0.717) is 6.42 Å². The van der Waals surface area contributed by atoms with Crippen molar-refractivity contribution in [3.05, 3.63) is 0 Å². The van der Waals surface area contributed by atoms with Gasteiger partial charge in [0.15, 0.2) is 5.81 Å². The predicted octanol–water partition coefficient (Wildman–Crippen LogP) is -0.973. The molecular formula is C9H13BN2O4. The van der Waals surface area contributed by atoms with Gasteiger partial charge in [-0.15, -0.1) is 0 Å². The van der Waals surface area contributed by atoms with Crippen molar-refractivity contribution >= 4 is 25.5 Å². The Morgan fingerprint density at radius 2 is 2.25 bits per heavy atom. The van der Waals surface area contributed by atoms with Crippen molar-refractivity contribution in [3.63, 3.8) is 0 Å². The van der Waals surface area contributed by atoms with Crippen LogP contribution in [0.15, 0.2) is 0 Å². The summed E-state index contributed by atoms with van der Waals surface area (Å²) in [5, 5.41) is 2.34. The van der Waals surface area contributed by atoms with Crippen LogP contribution in [0, 0.1) is 0 Å². The van der Waals surface area contributed by atoms with Gasteiger partial charge < -0.3 is 15.0 Å². The number of hydrogen-bond donors (Lipinski definition) is 1. The second kappa shape index (κ2) is 5.00. The Kier molecular flexibility index (Phi) is 3.92. The van der Waals surface area contributed by atoms with E-state index in [2.05, 4.69) is 10.1 Å². The number of nitrogens with one attached hydrogen (secondary N) is 1. The van der Waals surface area contributed by atoms with Crippen LogP contribution < -0.4 is 5.32 Å². The molecule has 0 bridgehead atoms. The molecule has 0 aromatic carbocycles. The number of amides is 2. The smallest absolute Gasteiger partial charge is 0.325 e. The van der Waals surface area contributed by atoms with E-state index in [9.17, 15) is 14.4 Å². The Morgan fingerprint density at radius 3 is 2.75 bits per heavy atom. The maximum absolute atomic E-state index is 11.8. The first-order chi connectivity index (χ1) is 7.45. The molecule has 1 N–H and O–H groups in total. The fourth-order valence-electron chi connectivity index (χ4n) is 1.72. The second-order valence-corrected chi connectivity index (χ2v) is 3.69. The van der Waals surface area contributed by atoms with E-state index in [0.717, 1.165) is 0 Å². The number of esters is 1. The number of carbonyl (C=O) groups is 3. The molecule has 86 valence electrons. The van der Waals surface area contributed by atoms with Crippen molar-refractivity contribution in [1.82, 2.24) is 10.2 Å². The van der Waals surface area contributed by atoms with Crippen LogP contribution in [0.4, 0.5) is 4.79 Å². The quantitative estimate of drug-likeness (QED) is 0.494. The molecule has 1 aliphatic heterocycles. The average Bonchev–Trinajstić information content (AvgIpc) is 2.45. The van der Waals surface area contributed by atoms with Gasteiger partial charge in [0, 0.05) is 6.04 Å². The molecule has 16 heavy (non-hydrogen) atoms. The van der Waals surface area contributed by atoms with E-state index < -0.39 is 17.8 Å². The van der Waals surface area contributed by atoms with E-state index in [1.54, 1.807) is 6.92 Å². The number of carbonyl (C=O) groups excluding carboxylic acids is 3. The third kappa shape index (κ3) is 2.74. The van der Waals surface area contributed by atoms with Crippen LogP contribution in [-0.4, -0.2) is 56.2 Å². The molecule has 2 radical (unpaired) electrons. The highest BCUT2D eigenvalue weighted by molar-refractivity contribution is 6.57. The summed E-state index contributed by atoms with van der Waals surface area (Å²) in [6.07, 6.45) is 0.443. The molecule has 2 amide bonds. The Morgan fingerprint density at radius 1 is 1.62 bits per heavy atom. The summed E-state index contributed by atoms with van der Waals surface area (Å²) in [6.45, 7) is 1.69. The standard InChI is InChI=1S/C9H13BN2O4/c1-5-3-6(11-9(10)15)8(14)12(5)4-7(13)16-2/h5-6H,3-4H2,1-2H3,(H,11,15)/t5-,6+/m1/s1. The van der Waals surface area contributed by atoms with E-state index >= 15 is 0 Å². The monoisotopic (exact) mass is 224 g/mol. The molecule has 0 aromatic rings. The number of nitrogens with zero attached hydrogens (tertiary/aromatic N) is 1. The first kappa shape index (κ1) is 12.5. The molecule has 0 aliphatic carbocycles. The minimum absolute atomic E-state index is 0.104. The summed E-state index contributed by atoms with van der Waals surface area (Å²) in [7, 11) is 6.20. The van der Waals surface area contributed by atoms with Crippen molar-refractivity contribution in [2.75, 3.05) is 13.7 Å². The van der Waals surface area contributed by atoms with E-state index in [1.807, 2.05) is 0 Å². The molecule has 1 saturated heterocycles. The zero-order chi connectivity index (χ0) is 12.3. The Labute approximate surface area is 94.7 Å². The molecule has 6 nitrogen and oxygen atoms in total. The van der Waals surface area contributed by atoms with Crippen LogP contribution >= 0.6 is 0 Å². The normalized spacial score (nSPS) is 24.4. The van der Waals surface area contributed by atoms with E-state index in [1.165, 1.54) is 12.0 Å². The minimum Gasteiger partial charge on any atom is -0.468 e. The molecule has 1 rings (SSSR count). The van der Waals surface area contributed by atoms with Gasteiger partial charge in [0.25, 0.3) is 0 Å². The summed E-state index contributed by atoms with van der Waals surface area (Å²) in [4.78, 5) is 34.8. The fourth-order valence-corrected chi connectivity index (χ4v) is 1.72. The first-order valence-corrected chi connectivity index (χ1v) is 4.89. The molecule has 0 unspecified atom stereocenters. The topological polar surface area (TPSA) is 75.7 Å². The summed E-state index contributed by atoms with van der Waals surface area (Å²) >= 11 is 0. The second-order valence-electron chi connectivity index (χ2n) is 3.69. The molecule has 2 atom stereocenters. The minimum atomic E-state index is -0.745. The van der Waals surface area contributed by atoms with E-state index in [4.69, 9.17) is 7.85 Å². The summed E-state index contributed by atoms with van der Waals surface area (Å²) in [6, 6.07) is -0.763. The molecule has 0 saturated carbocycles. The lowest BCUT2D eigenvalue weighted by atomic mass is 10.1. The fraction of sp³-hybridized carbons (Fsp3) is 0.667. The highest BCUT2D eigenvalue weighted by Gasteiger charge is 2.38. The summed E-state index contributed by atoms with van der Waals surface area (Å²) in [5.74, 6) is -1.54. The highest BCUT2D eigenvalue weighted by atomic mass is 16.5. The summed E-state index contributed by atoms with van der Waals surface area (Å²) < 4.78 is 4.48. The molecule has 1 fully saturated rings. The SMILES string of the molecule is [B]C(=O)N[C@H]1C[C@@H](C)N(CC(=O)OC)C1=O. The van der Waals surface area contributed by atoms with Crippen molar-refractivity contribution in [1.29, 1.82) is 0 Å². The first-order valence-electron chi connectivity index (χ1n) is 4.89. The Hall–Kier alpha value is -1.53. The molecular weight excluding hydrogens is 211 g/mol. The number of likely N-dealkylation sites (tertiary alicyclic amines) is 1. The van der Waals surface area contributed by atoms with Crippen LogP contribution in [0.2, 0.25) is 0 Å². The number of ether oxygens (including phenoxy) is 1. The molecule has 1 heterocycles. The van der Waals surface area contributed by atoms with Crippen LogP contribution in [-0.2, 0) is 14.3 Å². The lowest BCUT2D eigenvalue weighted by molar-refractivity contribution is -0.146. The van der Waals surface area contributed by atoms with Crippen molar-refractivity contribution in [3.8, 4) is 0 Å². The van der Waals surface area contributed by atoms with Gasteiger partial charge in [-0.05, 0) is 13.3 Å². The predicted molar refractivity (Wildman–Crippen MR) is 55.9 cm³/mol. The average molecular weight is 224 g/mol.